The van der Waals surface area contributed by atoms with Gasteiger partial charge in [-0.2, -0.15) is 0 Å². The van der Waals surface area contributed by atoms with Crippen molar-refractivity contribution in [3.05, 3.63) is 41.9 Å². The number of pyridine rings is 1. The van der Waals surface area contributed by atoms with E-state index in [-0.39, 0.29) is 18.1 Å². The lowest BCUT2D eigenvalue weighted by Crippen LogP contribution is -2.39. The Morgan fingerprint density at radius 1 is 1.32 bits per heavy atom. The monoisotopic (exact) mass is 301 g/mol. The van der Waals surface area contributed by atoms with E-state index in [1.165, 1.54) is 0 Å². The van der Waals surface area contributed by atoms with Crippen LogP contribution in [-0.4, -0.2) is 28.2 Å². The quantitative estimate of drug-likeness (QED) is 0.938. The molecule has 0 atom stereocenters. The van der Waals surface area contributed by atoms with E-state index in [1.807, 2.05) is 18.2 Å². The number of aryl methyl sites for hydroxylation is 1. The molecule has 2 aromatic rings. The summed E-state index contributed by atoms with van der Waals surface area (Å²) >= 11 is 0. The van der Waals surface area contributed by atoms with E-state index in [1.54, 1.807) is 19.2 Å². The zero-order chi connectivity index (χ0) is 15.4. The number of amides is 1. The summed E-state index contributed by atoms with van der Waals surface area (Å²) in [5.41, 5.74) is 0.337. The Hall–Kier alpha value is -2.37. The molecule has 0 saturated heterocycles. The Morgan fingerprint density at radius 3 is 2.77 bits per heavy atom. The molecule has 6 nitrogen and oxygen atoms in total. The molecule has 1 amide bonds. The maximum Gasteiger partial charge on any atom is 0.273 e. The summed E-state index contributed by atoms with van der Waals surface area (Å²) in [7, 11) is 0. The average Bonchev–Trinajstić information content (AvgIpc) is 2.97. The van der Waals surface area contributed by atoms with Gasteiger partial charge in [0, 0.05) is 24.4 Å². The van der Waals surface area contributed by atoms with Gasteiger partial charge >= 0.3 is 0 Å². The first-order valence-electron chi connectivity index (χ1n) is 7.52. The first-order chi connectivity index (χ1) is 10.7. The smallest absolute Gasteiger partial charge is 0.273 e. The minimum absolute atomic E-state index is 0.160. The van der Waals surface area contributed by atoms with E-state index in [9.17, 15) is 4.79 Å². The molecule has 0 unspecified atom stereocenters. The molecule has 0 bridgehead atoms. The van der Waals surface area contributed by atoms with Crippen LogP contribution in [0.4, 0.5) is 0 Å². The fourth-order valence-electron chi connectivity index (χ4n) is 2.65. The first kappa shape index (κ1) is 14.6. The van der Waals surface area contributed by atoms with Gasteiger partial charge in [0.15, 0.2) is 5.69 Å². The van der Waals surface area contributed by atoms with Gasteiger partial charge in [0.2, 0.25) is 5.88 Å². The molecule has 1 aliphatic rings. The van der Waals surface area contributed by atoms with Crippen LogP contribution in [0.1, 0.15) is 41.9 Å². The van der Waals surface area contributed by atoms with Crippen molar-refractivity contribution < 1.29 is 14.1 Å². The van der Waals surface area contributed by atoms with E-state index in [4.69, 9.17) is 9.26 Å². The number of ether oxygens (including phenoxy) is 1. The number of hydrogen-bond donors (Lipinski definition) is 1. The summed E-state index contributed by atoms with van der Waals surface area (Å²) in [5, 5.41) is 6.73. The van der Waals surface area contributed by atoms with E-state index in [2.05, 4.69) is 15.5 Å². The number of hydrogen-bond acceptors (Lipinski definition) is 5. The molecular weight excluding hydrogens is 282 g/mol. The maximum absolute atomic E-state index is 12.0. The van der Waals surface area contributed by atoms with Crippen molar-refractivity contribution in [3.63, 3.8) is 0 Å². The number of rotatable bonds is 4. The van der Waals surface area contributed by atoms with E-state index < -0.39 is 0 Å². The third kappa shape index (κ3) is 3.63. The minimum atomic E-state index is -0.175. The molecule has 6 heteroatoms. The van der Waals surface area contributed by atoms with Gasteiger partial charge in [0.1, 0.15) is 11.9 Å². The average molecular weight is 301 g/mol. The lowest BCUT2D eigenvalue weighted by Gasteiger charge is -2.28. The molecule has 0 spiro atoms. The topological polar surface area (TPSA) is 77.2 Å². The van der Waals surface area contributed by atoms with Crippen molar-refractivity contribution >= 4 is 5.91 Å². The van der Waals surface area contributed by atoms with Gasteiger partial charge in [-0.15, -0.1) is 0 Å². The van der Waals surface area contributed by atoms with Crippen LogP contribution in [0.25, 0.3) is 0 Å². The molecule has 116 valence electrons. The highest BCUT2D eigenvalue weighted by molar-refractivity contribution is 5.92. The standard InChI is InChI=1S/C16H19N3O3/c1-11-10-14(19-22-11)16(20)18-12-5-7-13(8-6-12)21-15-4-2-3-9-17-15/h2-4,9-10,12-13H,5-8H2,1H3,(H,18,20). The Labute approximate surface area is 128 Å². The van der Waals surface area contributed by atoms with Gasteiger partial charge in [-0.25, -0.2) is 4.98 Å². The lowest BCUT2D eigenvalue weighted by atomic mass is 9.93. The number of nitrogens with zero attached hydrogens (tertiary/aromatic N) is 2. The second kappa shape index (κ2) is 6.60. The Kier molecular flexibility index (Phi) is 4.37. The fraction of sp³-hybridized carbons (Fsp3) is 0.438. The van der Waals surface area contributed by atoms with E-state index in [0.29, 0.717) is 17.3 Å². The van der Waals surface area contributed by atoms with Crippen LogP contribution >= 0.6 is 0 Å². The highest BCUT2D eigenvalue weighted by atomic mass is 16.5. The predicted molar refractivity (Wildman–Crippen MR) is 79.6 cm³/mol. The molecular formula is C16H19N3O3. The van der Waals surface area contributed by atoms with Crippen molar-refractivity contribution in [3.8, 4) is 5.88 Å². The van der Waals surface area contributed by atoms with Gasteiger partial charge in [-0.05, 0) is 38.7 Å². The van der Waals surface area contributed by atoms with Crippen LogP contribution in [0, 0.1) is 6.92 Å². The molecule has 1 aliphatic carbocycles. The molecule has 0 aliphatic heterocycles. The Balaban J connectivity index is 1.46. The van der Waals surface area contributed by atoms with Crippen LogP contribution in [0.15, 0.2) is 35.0 Å². The highest BCUT2D eigenvalue weighted by Gasteiger charge is 2.25. The third-order valence-corrected chi connectivity index (χ3v) is 3.80. The molecule has 2 heterocycles. The SMILES string of the molecule is Cc1cc(C(=O)NC2CCC(Oc3ccccn3)CC2)no1. The second-order valence-corrected chi connectivity index (χ2v) is 5.56. The molecule has 2 aromatic heterocycles. The Morgan fingerprint density at radius 2 is 2.14 bits per heavy atom. The number of carbonyl (C=O) groups is 1. The molecule has 0 aromatic carbocycles. The second-order valence-electron chi connectivity index (χ2n) is 5.56. The summed E-state index contributed by atoms with van der Waals surface area (Å²) in [4.78, 5) is 16.2. The van der Waals surface area contributed by atoms with Crippen LogP contribution < -0.4 is 10.1 Å². The lowest BCUT2D eigenvalue weighted by molar-refractivity contribution is 0.0881. The van der Waals surface area contributed by atoms with Crippen LogP contribution in [0.5, 0.6) is 5.88 Å². The summed E-state index contributed by atoms with van der Waals surface area (Å²) in [6, 6.07) is 7.44. The number of carbonyl (C=O) groups excluding carboxylic acids is 1. The van der Waals surface area contributed by atoms with Crippen LogP contribution in [-0.2, 0) is 0 Å². The third-order valence-electron chi connectivity index (χ3n) is 3.80. The zero-order valence-electron chi connectivity index (χ0n) is 12.5. The van der Waals surface area contributed by atoms with Gasteiger partial charge in [0.05, 0.1) is 0 Å². The summed E-state index contributed by atoms with van der Waals surface area (Å²) in [5.74, 6) is 1.12. The van der Waals surface area contributed by atoms with Gasteiger partial charge in [-0.1, -0.05) is 11.2 Å². The largest absolute Gasteiger partial charge is 0.474 e. The molecule has 22 heavy (non-hydrogen) atoms. The minimum Gasteiger partial charge on any atom is -0.474 e. The number of aromatic nitrogens is 2. The normalized spacial score (nSPS) is 21.3. The maximum atomic E-state index is 12.0. The van der Waals surface area contributed by atoms with Crippen LogP contribution in [0.2, 0.25) is 0 Å². The summed E-state index contributed by atoms with van der Waals surface area (Å²) < 4.78 is 10.8. The van der Waals surface area contributed by atoms with E-state index >= 15 is 0 Å². The number of nitrogens with one attached hydrogen (secondary N) is 1. The first-order valence-corrected chi connectivity index (χ1v) is 7.52. The highest BCUT2D eigenvalue weighted by Crippen LogP contribution is 2.23. The Bertz CT molecular complexity index is 619. The van der Waals surface area contributed by atoms with Crippen molar-refractivity contribution in [1.29, 1.82) is 0 Å². The summed E-state index contributed by atoms with van der Waals surface area (Å²) in [6.45, 7) is 1.77. The van der Waals surface area contributed by atoms with Gasteiger partial charge < -0.3 is 14.6 Å². The van der Waals surface area contributed by atoms with Crippen LogP contribution in [0.3, 0.4) is 0 Å². The van der Waals surface area contributed by atoms with E-state index in [0.717, 1.165) is 25.7 Å². The predicted octanol–water partition coefficient (Wildman–Crippen LogP) is 2.50. The molecule has 1 fully saturated rings. The van der Waals surface area contributed by atoms with Gasteiger partial charge in [-0.3, -0.25) is 4.79 Å². The fourth-order valence-corrected chi connectivity index (χ4v) is 2.65. The van der Waals surface area contributed by atoms with Crippen molar-refractivity contribution in [2.75, 3.05) is 0 Å². The van der Waals surface area contributed by atoms with Crippen molar-refractivity contribution in [2.45, 2.75) is 44.8 Å². The molecule has 1 N–H and O–H groups in total. The van der Waals surface area contributed by atoms with Gasteiger partial charge in [0.25, 0.3) is 5.91 Å². The summed E-state index contributed by atoms with van der Waals surface area (Å²) in [6.07, 6.45) is 5.47. The van der Waals surface area contributed by atoms with Crippen molar-refractivity contribution in [2.24, 2.45) is 0 Å². The zero-order valence-corrected chi connectivity index (χ0v) is 12.5. The molecule has 3 rings (SSSR count). The molecule has 0 radical (unpaired) electrons. The van der Waals surface area contributed by atoms with Crippen molar-refractivity contribution in [1.82, 2.24) is 15.5 Å². The molecule has 1 saturated carbocycles.